The third-order valence-electron chi connectivity index (χ3n) is 5.83. The van der Waals surface area contributed by atoms with Crippen molar-refractivity contribution in [3.05, 3.63) is 59.5 Å². The first-order chi connectivity index (χ1) is 19.0. The number of nitrogen functional groups attached to an aromatic ring is 1. The normalized spacial score (nSPS) is 16.6. The molecular formula is C24H22F3N7O2. The predicted molar refractivity (Wildman–Crippen MR) is 125 cm³/mol. The maximum atomic E-state index is 14.0. The van der Waals surface area contributed by atoms with Crippen molar-refractivity contribution in [3.8, 4) is 0 Å². The fourth-order valence-electron chi connectivity index (χ4n) is 3.75. The van der Waals surface area contributed by atoms with Gasteiger partial charge in [-0.3, -0.25) is 24.3 Å². The SMILES string of the molecule is [2H]C([2H])(c1ccc(C(F)(F)F)cn1)N(C(=O)c1ccc2nc(N)c3cnn(C([2H])([2H])[2H])c3c2c1)N(C)C(=O)C1CC1. The average molecular weight is 503 g/mol. The Kier molecular flexibility index (Phi) is 4.26. The number of carbonyl (C=O) groups is 2. The molecule has 3 aromatic heterocycles. The highest BCUT2D eigenvalue weighted by molar-refractivity contribution is 6.10. The summed E-state index contributed by atoms with van der Waals surface area (Å²) in [6.45, 7) is -5.60. The first-order valence-corrected chi connectivity index (χ1v) is 10.7. The summed E-state index contributed by atoms with van der Waals surface area (Å²) in [5.41, 5.74) is 4.44. The molecule has 186 valence electrons. The van der Waals surface area contributed by atoms with Crippen LogP contribution in [0.25, 0.3) is 21.8 Å². The van der Waals surface area contributed by atoms with Crippen LogP contribution in [0.5, 0.6) is 0 Å². The lowest BCUT2D eigenvalue weighted by atomic mass is 10.1. The zero-order chi connectivity index (χ0) is 30.1. The van der Waals surface area contributed by atoms with E-state index in [4.69, 9.17) is 12.6 Å². The number of hydrazine groups is 1. The summed E-state index contributed by atoms with van der Waals surface area (Å²) in [5, 5.41) is 5.57. The highest BCUT2D eigenvalue weighted by Gasteiger charge is 2.36. The molecule has 0 aliphatic heterocycles. The van der Waals surface area contributed by atoms with Crippen LogP contribution in [0, 0.1) is 5.92 Å². The Labute approximate surface area is 210 Å². The Balaban J connectivity index is 1.65. The molecule has 3 heterocycles. The van der Waals surface area contributed by atoms with Gasteiger partial charge in [0.05, 0.1) is 43.1 Å². The molecule has 2 amide bonds. The fraction of sp³-hybridized carbons (Fsp3) is 0.292. The summed E-state index contributed by atoms with van der Waals surface area (Å²) in [6, 6.07) is 5.36. The predicted octanol–water partition coefficient (Wildman–Crippen LogP) is 3.54. The number of halogens is 3. The molecule has 0 radical (unpaired) electrons. The molecule has 0 bridgehead atoms. The van der Waals surface area contributed by atoms with Crippen LogP contribution in [0.15, 0.2) is 42.7 Å². The van der Waals surface area contributed by atoms with Gasteiger partial charge in [-0.1, -0.05) is 0 Å². The number of anilines is 1. The number of carbonyl (C=O) groups excluding carboxylic acids is 2. The quantitative estimate of drug-likeness (QED) is 0.428. The maximum absolute atomic E-state index is 14.0. The second kappa shape index (κ2) is 8.47. The Morgan fingerprint density at radius 3 is 2.64 bits per heavy atom. The van der Waals surface area contributed by atoms with Gasteiger partial charge in [0, 0.05) is 41.2 Å². The van der Waals surface area contributed by atoms with Gasteiger partial charge in [-0.15, -0.1) is 0 Å². The smallest absolute Gasteiger partial charge is 0.383 e. The minimum absolute atomic E-state index is 0.00294. The van der Waals surface area contributed by atoms with Gasteiger partial charge >= 0.3 is 6.18 Å². The summed E-state index contributed by atoms with van der Waals surface area (Å²) in [6.07, 6.45) is -1.99. The van der Waals surface area contributed by atoms with Gasteiger partial charge in [0.15, 0.2) is 0 Å². The molecule has 1 aliphatic carbocycles. The van der Waals surface area contributed by atoms with Gasteiger partial charge in [-0.25, -0.2) is 9.99 Å². The number of benzene rings is 1. The molecule has 0 atom stereocenters. The van der Waals surface area contributed by atoms with Crippen LogP contribution in [0.4, 0.5) is 19.0 Å². The second-order valence-electron chi connectivity index (χ2n) is 8.34. The summed E-state index contributed by atoms with van der Waals surface area (Å²) >= 11 is 0. The van der Waals surface area contributed by atoms with Crippen molar-refractivity contribution in [2.75, 3.05) is 12.8 Å². The molecule has 1 saturated carbocycles. The summed E-state index contributed by atoms with van der Waals surface area (Å²) < 4.78 is 81.0. The topological polar surface area (TPSA) is 110 Å². The second-order valence-corrected chi connectivity index (χ2v) is 8.34. The van der Waals surface area contributed by atoms with Crippen LogP contribution in [0.3, 0.4) is 0 Å². The molecule has 1 aliphatic rings. The number of amides is 2. The zero-order valence-corrected chi connectivity index (χ0v) is 18.7. The molecule has 1 aromatic carbocycles. The summed E-state index contributed by atoms with van der Waals surface area (Å²) in [7, 11) is 1.19. The van der Waals surface area contributed by atoms with Crippen LogP contribution >= 0.6 is 0 Å². The molecule has 5 rings (SSSR count). The Bertz CT molecular complexity index is 1690. The number of pyridine rings is 2. The van der Waals surface area contributed by atoms with E-state index in [9.17, 15) is 22.8 Å². The third kappa shape index (κ3) is 4.18. The molecule has 9 nitrogen and oxygen atoms in total. The van der Waals surface area contributed by atoms with E-state index in [1.165, 1.54) is 31.4 Å². The van der Waals surface area contributed by atoms with Gasteiger partial charge in [-0.2, -0.15) is 18.3 Å². The van der Waals surface area contributed by atoms with Crippen LogP contribution in [-0.4, -0.2) is 48.6 Å². The van der Waals surface area contributed by atoms with Crippen LogP contribution in [0.2, 0.25) is 0 Å². The number of nitrogens with two attached hydrogens (primary N) is 1. The summed E-state index contributed by atoms with van der Waals surface area (Å²) in [5.74, 6) is -2.04. The largest absolute Gasteiger partial charge is 0.417 e. The highest BCUT2D eigenvalue weighted by Crippen LogP contribution is 2.33. The molecule has 1 fully saturated rings. The number of aryl methyl sites for hydroxylation is 1. The molecular weight excluding hydrogens is 475 g/mol. The van der Waals surface area contributed by atoms with E-state index in [1.807, 2.05) is 0 Å². The van der Waals surface area contributed by atoms with Crippen molar-refractivity contribution in [2.24, 2.45) is 12.9 Å². The van der Waals surface area contributed by atoms with E-state index in [1.54, 1.807) is 0 Å². The number of hydrogen-bond acceptors (Lipinski definition) is 6. The lowest BCUT2D eigenvalue weighted by molar-refractivity contribution is -0.144. The van der Waals surface area contributed by atoms with E-state index in [2.05, 4.69) is 15.1 Å². The molecule has 36 heavy (non-hydrogen) atoms. The minimum atomic E-state index is -4.72. The lowest BCUT2D eigenvalue weighted by Gasteiger charge is -2.32. The molecule has 0 unspecified atom stereocenters. The zero-order valence-electron chi connectivity index (χ0n) is 23.7. The first-order valence-electron chi connectivity index (χ1n) is 13.2. The van der Waals surface area contributed by atoms with Crippen molar-refractivity contribution in [1.82, 2.24) is 29.8 Å². The van der Waals surface area contributed by atoms with Crippen LogP contribution < -0.4 is 5.73 Å². The number of aromatic nitrogens is 4. The van der Waals surface area contributed by atoms with E-state index in [-0.39, 0.29) is 33.2 Å². The van der Waals surface area contributed by atoms with Crippen LogP contribution in [-0.2, 0) is 24.4 Å². The first kappa shape index (κ1) is 18.1. The van der Waals surface area contributed by atoms with Crippen molar-refractivity contribution in [3.63, 3.8) is 0 Å². The Morgan fingerprint density at radius 2 is 2.00 bits per heavy atom. The number of nitrogens with zero attached hydrogens (tertiary/aromatic N) is 6. The van der Waals surface area contributed by atoms with Gasteiger partial charge in [-0.05, 0) is 43.2 Å². The number of hydrogen-bond donors (Lipinski definition) is 1. The van der Waals surface area contributed by atoms with Gasteiger partial charge in [0.1, 0.15) is 5.82 Å². The number of alkyl halides is 3. The maximum Gasteiger partial charge on any atom is 0.417 e. The van der Waals surface area contributed by atoms with E-state index in [0.717, 1.165) is 15.8 Å². The summed E-state index contributed by atoms with van der Waals surface area (Å²) in [4.78, 5) is 34.8. The van der Waals surface area contributed by atoms with Crippen LogP contribution in [0.1, 0.15) is 41.3 Å². The molecule has 0 spiro atoms. The van der Waals surface area contributed by atoms with Gasteiger partial charge < -0.3 is 5.73 Å². The minimum Gasteiger partial charge on any atom is -0.383 e. The Hall–Kier alpha value is -4.22. The molecule has 4 aromatic rings. The fourth-order valence-corrected chi connectivity index (χ4v) is 3.75. The van der Waals surface area contributed by atoms with Crippen molar-refractivity contribution in [1.29, 1.82) is 0 Å². The van der Waals surface area contributed by atoms with Gasteiger partial charge in [0.25, 0.3) is 5.91 Å². The molecule has 12 heteroatoms. The molecule has 2 N–H and O–H groups in total. The highest BCUT2D eigenvalue weighted by atomic mass is 19.4. The molecule has 0 saturated heterocycles. The number of rotatable bonds is 4. The lowest BCUT2D eigenvalue weighted by Crippen LogP contribution is -2.47. The standard InChI is InChI=1S/C24H22F3N7O2/c1-32-20-17-9-14(5-8-19(17)31-21(28)18(20)11-30-32)23(36)34(33(2)22(35)13-3-4-13)12-16-7-6-15(10-29-16)24(25,26)27/h5-11,13H,3-4,12H2,1-2H3,(H2,28,31)/i1D3,12D2. The third-order valence-corrected chi connectivity index (χ3v) is 5.83. The van der Waals surface area contributed by atoms with Crippen molar-refractivity contribution < 1.29 is 29.6 Å². The van der Waals surface area contributed by atoms with E-state index < -0.39 is 48.6 Å². The van der Waals surface area contributed by atoms with Crippen molar-refractivity contribution in [2.45, 2.75) is 25.5 Å². The Morgan fingerprint density at radius 1 is 1.22 bits per heavy atom. The average Bonchev–Trinajstić information content (AvgIpc) is 3.63. The number of fused-ring (bicyclic) bond motifs is 3. The van der Waals surface area contributed by atoms with E-state index >= 15 is 0 Å². The van der Waals surface area contributed by atoms with Gasteiger partial charge in [0.2, 0.25) is 5.91 Å². The van der Waals surface area contributed by atoms with E-state index in [0.29, 0.717) is 30.1 Å². The monoisotopic (exact) mass is 502 g/mol. The van der Waals surface area contributed by atoms with Crippen molar-refractivity contribution >= 4 is 39.4 Å².